The summed E-state index contributed by atoms with van der Waals surface area (Å²) in [5.74, 6) is -1.27. The van der Waals surface area contributed by atoms with E-state index in [9.17, 15) is 40.2 Å². The standard InChI is InChI=1S/C26H50O15Si2/c1-7-35-23-19(31)17(29)21(33)25(39-23)37-15(27)11-9-13-42(3,4)41-43(5,6)14-10-12-16(28)38-26-22(34)18(30)20(32)24(40-26)36-8-2/h17-26,29-34H,7-14H2,1-6H3/t17-,18-,19+,20+,21-,22-,23?,24?,25-,26-/m0/s1. The van der Waals surface area contributed by atoms with Crippen LogP contribution in [0.15, 0.2) is 0 Å². The highest BCUT2D eigenvalue weighted by Crippen LogP contribution is 2.27. The highest BCUT2D eigenvalue weighted by Gasteiger charge is 2.47. The third kappa shape index (κ3) is 11.7. The lowest BCUT2D eigenvalue weighted by Gasteiger charge is -2.39. The number of rotatable bonds is 16. The number of carbonyl (C=O) groups is 2. The molecule has 0 aromatic carbocycles. The van der Waals surface area contributed by atoms with Crippen LogP contribution in [0.1, 0.15) is 39.5 Å². The van der Waals surface area contributed by atoms with Crippen molar-refractivity contribution in [1.82, 2.24) is 0 Å². The van der Waals surface area contributed by atoms with Gasteiger partial charge in [0.15, 0.2) is 29.2 Å². The first-order valence-corrected chi connectivity index (χ1v) is 21.0. The average Bonchev–Trinajstić information content (AvgIpc) is 2.90. The molecule has 0 spiro atoms. The van der Waals surface area contributed by atoms with Gasteiger partial charge in [0.1, 0.15) is 36.6 Å². The average molecular weight is 659 g/mol. The molecular weight excluding hydrogens is 608 g/mol. The summed E-state index contributed by atoms with van der Waals surface area (Å²) in [6.07, 6.45) is -13.9. The van der Waals surface area contributed by atoms with Gasteiger partial charge in [0.05, 0.1) is 0 Å². The van der Waals surface area contributed by atoms with Gasteiger partial charge in [-0.3, -0.25) is 9.59 Å². The number of hydrogen-bond acceptors (Lipinski definition) is 15. The Balaban J connectivity index is 1.74. The summed E-state index contributed by atoms with van der Waals surface area (Å²) in [4.78, 5) is 24.8. The minimum absolute atomic E-state index is 0.0309. The molecule has 0 aliphatic carbocycles. The van der Waals surface area contributed by atoms with Crippen LogP contribution in [-0.4, -0.2) is 134 Å². The zero-order valence-corrected chi connectivity index (χ0v) is 27.8. The van der Waals surface area contributed by atoms with Gasteiger partial charge in [-0.2, -0.15) is 0 Å². The topological polar surface area (TPSA) is 220 Å². The molecule has 17 heteroatoms. The molecule has 0 amide bonds. The lowest BCUT2D eigenvalue weighted by atomic mass is 10.0. The third-order valence-corrected chi connectivity index (χ3v) is 14.6. The smallest absolute Gasteiger partial charge is 0.308 e. The van der Waals surface area contributed by atoms with E-state index in [-0.39, 0.29) is 26.1 Å². The first-order valence-electron chi connectivity index (χ1n) is 14.7. The van der Waals surface area contributed by atoms with Crippen molar-refractivity contribution in [2.24, 2.45) is 0 Å². The van der Waals surface area contributed by atoms with E-state index in [0.29, 0.717) is 24.9 Å². The van der Waals surface area contributed by atoms with Gasteiger partial charge in [-0.25, -0.2) is 0 Å². The number of ether oxygens (including phenoxy) is 6. The van der Waals surface area contributed by atoms with Gasteiger partial charge in [-0.1, -0.05) is 0 Å². The van der Waals surface area contributed by atoms with Crippen molar-refractivity contribution in [1.29, 1.82) is 0 Å². The van der Waals surface area contributed by atoms with Crippen LogP contribution >= 0.6 is 0 Å². The molecular formula is C26H50O15Si2. The Morgan fingerprint density at radius 3 is 1.23 bits per heavy atom. The molecule has 0 aromatic rings. The predicted octanol–water partition coefficient (Wildman–Crippen LogP) is -0.337. The van der Waals surface area contributed by atoms with Crippen molar-refractivity contribution >= 4 is 28.6 Å². The van der Waals surface area contributed by atoms with Crippen LogP contribution in [0.4, 0.5) is 0 Å². The molecule has 0 saturated carbocycles. The highest BCUT2D eigenvalue weighted by molar-refractivity contribution is 6.84. The number of esters is 2. The summed E-state index contributed by atoms with van der Waals surface area (Å²) in [6, 6.07) is 1.29. The second-order valence-electron chi connectivity index (χ2n) is 11.9. The van der Waals surface area contributed by atoms with Gasteiger partial charge >= 0.3 is 11.9 Å². The zero-order chi connectivity index (χ0) is 32.5. The molecule has 15 nitrogen and oxygen atoms in total. The molecule has 2 aliphatic rings. The Morgan fingerprint density at radius 1 is 0.581 bits per heavy atom. The SMILES string of the molecule is CCOC1O[C@H](OC(=O)CCC[Si](C)(C)O[Si](C)(C)CCCC(=O)O[C@H]2OC(OCC)[C@H](O)[C@H](O)[C@@H]2O)[C@@H](O)[C@@H](O)[C@H]1O. The van der Waals surface area contributed by atoms with E-state index in [1.54, 1.807) is 13.8 Å². The quantitative estimate of drug-likeness (QED) is 0.0923. The van der Waals surface area contributed by atoms with Crippen LogP contribution in [0.25, 0.3) is 0 Å². The molecule has 10 atom stereocenters. The third-order valence-electron chi connectivity index (χ3n) is 7.08. The molecule has 2 heterocycles. The van der Waals surface area contributed by atoms with E-state index in [4.69, 9.17) is 32.5 Å². The van der Waals surface area contributed by atoms with Gasteiger partial charge in [0, 0.05) is 26.1 Å². The number of aliphatic hydroxyl groups excluding tert-OH is 6. The van der Waals surface area contributed by atoms with Crippen LogP contribution in [-0.2, 0) is 42.1 Å². The molecule has 252 valence electrons. The van der Waals surface area contributed by atoms with E-state index >= 15 is 0 Å². The van der Waals surface area contributed by atoms with Crippen LogP contribution in [0.5, 0.6) is 0 Å². The molecule has 6 N–H and O–H groups in total. The molecule has 2 fully saturated rings. The second kappa shape index (κ2) is 17.0. The minimum Gasteiger partial charge on any atom is -0.455 e. The van der Waals surface area contributed by atoms with Gasteiger partial charge in [0.2, 0.25) is 12.6 Å². The van der Waals surface area contributed by atoms with E-state index < -0.39 is 90.4 Å². The Labute approximate surface area is 254 Å². The zero-order valence-electron chi connectivity index (χ0n) is 25.8. The van der Waals surface area contributed by atoms with Crippen LogP contribution in [0, 0.1) is 0 Å². The molecule has 0 radical (unpaired) electrons. The maximum atomic E-state index is 12.4. The maximum absolute atomic E-state index is 12.4. The molecule has 0 bridgehead atoms. The number of aliphatic hydroxyl groups is 6. The highest BCUT2D eigenvalue weighted by atomic mass is 28.4. The summed E-state index contributed by atoms with van der Waals surface area (Å²) in [7, 11) is -4.44. The Kier molecular flexibility index (Phi) is 15.1. The summed E-state index contributed by atoms with van der Waals surface area (Å²) in [5.41, 5.74) is 0. The van der Waals surface area contributed by atoms with Crippen LogP contribution < -0.4 is 0 Å². The molecule has 2 unspecified atom stereocenters. The van der Waals surface area contributed by atoms with Crippen LogP contribution in [0.2, 0.25) is 38.3 Å². The monoisotopic (exact) mass is 658 g/mol. The molecule has 43 heavy (non-hydrogen) atoms. The fourth-order valence-electron chi connectivity index (χ4n) is 4.98. The summed E-state index contributed by atoms with van der Waals surface area (Å²) in [5, 5.41) is 60.2. The lowest BCUT2D eigenvalue weighted by molar-refractivity contribution is -0.341. The summed E-state index contributed by atoms with van der Waals surface area (Å²) < 4.78 is 38.0. The minimum atomic E-state index is -2.22. The van der Waals surface area contributed by atoms with Crippen molar-refractivity contribution in [2.45, 2.75) is 140 Å². The van der Waals surface area contributed by atoms with Crippen LogP contribution in [0.3, 0.4) is 0 Å². The van der Waals surface area contributed by atoms with E-state index in [0.717, 1.165) is 0 Å². The fourth-order valence-corrected chi connectivity index (χ4v) is 13.8. The van der Waals surface area contributed by atoms with E-state index in [1.807, 2.05) is 26.2 Å². The summed E-state index contributed by atoms with van der Waals surface area (Å²) >= 11 is 0. The fraction of sp³-hybridized carbons (Fsp3) is 0.923. The largest absolute Gasteiger partial charge is 0.455 e. The molecule has 0 aromatic heterocycles. The van der Waals surface area contributed by atoms with Crippen molar-refractivity contribution in [3.8, 4) is 0 Å². The van der Waals surface area contributed by atoms with Crippen molar-refractivity contribution in [3.63, 3.8) is 0 Å². The maximum Gasteiger partial charge on any atom is 0.308 e. The summed E-state index contributed by atoms with van der Waals surface area (Å²) in [6.45, 7) is 11.8. The first kappa shape index (κ1) is 38.1. The molecule has 2 saturated heterocycles. The predicted molar refractivity (Wildman–Crippen MR) is 153 cm³/mol. The first-order chi connectivity index (χ1) is 20.0. The Hall–Kier alpha value is -1.07. The number of hydrogen-bond donors (Lipinski definition) is 6. The lowest BCUT2D eigenvalue weighted by Crippen LogP contribution is -2.59. The second-order valence-corrected chi connectivity index (χ2v) is 20.8. The van der Waals surface area contributed by atoms with Gasteiger partial charge in [0.25, 0.3) is 0 Å². The van der Waals surface area contributed by atoms with Crippen molar-refractivity contribution in [3.05, 3.63) is 0 Å². The number of carbonyl (C=O) groups excluding carboxylic acids is 2. The van der Waals surface area contributed by atoms with Gasteiger partial charge in [-0.15, -0.1) is 0 Å². The van der Waals surface area contributed by atoms with Gasteiger partial charge in [-0.05, 0) is 65.0 Å². The van der Waals surface area contributed by atoms with E-state index in [2.05, 4.69) is 0 Å². The molecule has 2 rings (SSSR count). The van der Waals surface area contributed by atoms with Gasteiger partial charge < -0.3 is 63.2 Å². The molecule has 2 aliphatic heterocycles. The Morgan fingerprint density at radius 2 is 0.907 bits per heavy atom. The normalized spacial score (nSPS) is 33.7. The van der Waals surface area contributed by atoms with E-state index in [1.165, 1.54) is 0 Å². The van der Waals surface area contributed by atoms with Crippen molar-refractivity contribution in [2.75, 3.05) is 13.2 Å². The Bertz CT molecular complexity index is 809. The van der Waals surface area contributed by atoms with Crippen molar-refractivity contribution < 1.29 is 72.8 Å².